The van der Waals surface area contributed by atoms with Crippen LogP contribution in [0.15, 0.2) is 41.3 Å². The molecule has 146 valence electrons. The lowest BCUT2D eigenvalue weighted by Crippen LogP contribution is -2.28. The molecule has 0 unspecified atom stereocenters. The van der Waals surface area contributed by atoms with Crippen molar-refractivity contribution >= 4 is 74.2 Å². The molecule has 1 aliphatic heterocycles. The van der Waals surface area contributed by atoms with E-state index in [1.54, 1.807) is 18.2 Å². The Morgan fingerprint density at radius 3 is 2.39 bits per heavy atom. The van der Waals surface area contributed by atoms with Crippen LogP contribution in [0, 0.1) is 13.0 Å². The summed E-state index contributed by atoms with van der Waals surface area (Å²) in [6.07, 6.45) is 2.48. The molecular formula is C20H16FI2NO3S. The molecule has 1 fully saturated rings. The molecule has 0 bridgehead atoms. The predicted molar refractivity (Wildman–Crippen MR) is 126 cm³/mol. The molecule has 0 atom stereocenters. The van der Waals surface area contributed by atoms with Gasteiger partial charge in [0, 0.05) is 6.54 Å². The second-order valence-electron chi connectivity index (χ2n) is 6.06. The lowest BCUT2D eigenvalue weighted by Gasteiger charge is -2.12. The first kappa shape index (κ1) is 21.6. The van der Waals surface area contributed by atoms with E-state index in [-0.39, 0.29) is 17.0 Å². The van der Waals surface area contributed by atoms with Crippen LogP contribution in [0.2, 0.25) is 0 Å². The third kappa shape index (κ3) is 5.07. The van der Waals surface area contributed by atoms with Crippen LogP contribution in [0.5, 0.6) is 5.75 Å². The van der Waals surface area contributed by atoms with Crippen LogP contribution in [-0.4, -0.2) is 22.6 Å². The third-order valence-electron chi connectivity index (χ3n) is 3.94. The summed E-state index contributed by atoms with van der Waals surface area (Å²) >= 11 is 5.34. The molecule has 28 heavy (non-hydrogen) atoms. The topological polar surface area (TPSA) is 46.6 Å². The Balaban J connectivity index is 1.77. The lowest BCUT2D eigenvalue weighted by molar-refractivity contribution is -0.122. The van der Waals surface area contributed by atoms with Crippen LogP contribution in [0.3, 0.4) is 0 Å². The zero-order chi connectivity index (χ0) is 20.3. The van der Waals surface area contributed by atoms with Gasteiger partial charge in [0.1, 0.15) is 18.2 Å². The molecule has 1 saturated heterocycles. The summed E-state index contributed by atoms with van der Waals surface area (Å²) in [5.41, 5.74) is 1.71. The number of carbonyl (C=O) groups is 2. The Morgan fingerprint density at radius 2 is 1.79 bits per heavy atom. The molecule has 4 nitrogen and oxygen atoms in total. The van der Waals surface area contributed by atoms with Gasteiger partial charge in [-0.05, 0) is 105 Å². The van der Waals surface area contributed by atoms with Crippen molar-refractivity contribution < 1.29 is 18.7 Å². The smallest absolute Gasteiger partial charge is 0.293 e. The Kier molecular flexibility index (Phi) is 7.37. The highest BCUT2D eigenvalue weighted by molar-refractivity contribution is 14.1. The van der Waals surface area contributed by atoms with Gasteiger partial charge in [-0.15, -0.1) is 0 Å². The quantitative estimate of drug-likeness (QED) is 0.290. The second kappa shape index (κ2) is 9.57. The van der Waals surface area contributed by atoms with Crippen LogP contribution >= 0.6 is 56.9 Å². The number of hydrogen-bond acceptors (Lipinski definition) is 4. The molecule has 1 aliphatic rings. The largest absolute Gasteiger partial charge is 0.487 e. The van der Waals surface area contributed by atoms with Crippen LogP contribution in [0.25, 0.3) is 6.08 Å². The van der Waals surface area contributed by atoms with Gasteiger partial charge < -0.3 is 4.74 Å². The summed E-state index contributed by atoms with van der Waals surface area (Å²) in [5.74, 6) is 0.223. The Morgan fingerprint density at radius 1 is 1.14 bits per heavy atom. The molecule has 0 saturated carbocycles. The molecule has 0 N–H and O–H groups in total. The number of rotatable bonds is 6. The minimum Gasteiger partial charge on any atom is -0.487 e. The predicted octanol–water partition coefficient (Wildman–Crippen LogP) is 6.06. The van der Waals surface area contributed by atoms with Gasteiger partial charge >= 0.3 is 0 Å². The fraction of sp³-hybridized carbons (Fsp3) is 0.200. The van der Waals surface area contributed by atoms with E-state index in [1.807, 2.05) is 19.1 Å². The molecule has 0 radical (unpaired) electrons. The summed E-state index contributed by atoms with van der Waals surface area (Å²) in [5, 5.41) is -0.221. The van der Waals surface area contributed by atoms with E-state index in [9.17, 15) is 14.0 Å². The highest BCUT2D eigenvalue weighted by Crippen LogP contribution is 2.35. The Bertz CT molecular complexity index is 924. The number of ether oxygens (including phenoxy) is 1. The van der Waals surface area contributed by atoms with Crippen LogP contribution < -0.4 is 4.74 Å². The zero-order valence-corrected chi connectivity index (χ0v) is 20.0. The summed E-state index contributed by atoms with van der Waals surface area (Å²) in [7, 11) is 0. The summed E-state index contributed by atoms with van der Waals surface area (Å²) in [4.78, 5) is 26.1. The standard InChI is InChI=1S/C20H16FI2NO3S/c1-2-7-24-19(25)17(28-20(24)26)10-13-8-15(22)18(16(23)9-13)27-11-12-3-5-14(21)6-4-12/h3-6,8-10H,2,7,11H2,1H3/b17-10+. The lowest BCUT2D eigenvalue weighted by atomic mass is 10.2. The molecule has 2 aromatic rings. The van der Waals surface area contributed by atoms with E-state index in [2.05, 4.69) is 45.2 Å². The van der Waals surface area contributed by atoms with Crippen molar-refractivity contribution in [3.8, 4) is 5.75 Å². The molecule has 0 spiro atoms. The maximum absolute atomic E-state index is 13.0. The van der Waals surface area contributed by atoms with E-state index in [0.29, 0.717) is 18.1 Å². The molecule has 0 aliphatic carbocycles. The SMILES string of the molecule is CCCN1C(=O)S/C(=C/c2cc(I)c(OCc3ccc(F)cc3)c(I)c2)C1=O. The molecular weight excluding hydrogens is 607 g/mol. The van der Waals surface area contributed by atoms with Gasteiger partial charge in [-0.2, -0.15) is 0 Å². The average molecular weight is 623 g/mol. The van der Waals surface area contributed by atoms with Gasteiger partial charge in [0.05, 0.1) is 12.0 Å². The zero-order valence-electron chi connectivity index (χ0n) is 14.9. The molecule has 2 amide bonds. The molecule has 3 rings (SSSR count). The van der Waals surface area contributed by atoms with Gasteiger partial charge in [-0.1, -0.05) is 19.1 Å². The first-order valence-electron chi connectivity index (χ1n) is 8.50. The minimum absolute atomic E-state index is 0.221. The third-order valence-corrected chi connectivity index (χ3v) is 6.45. The molecule has 0 aromatic heterocycles. The monoisotopic (exact) mass is 623 g/mol. The fourth-order valence-electron chi connectivity index (χ4n) is 2.60. The minimum atomic E-state index is -0.277. The van der Waals surface area contributed by atoms with Crippen molar-refractivity contribution in [2.24, 2.45) is 0 Å². The van der Waals surface area contributed by atoms with Crippen molar-refractivity contribution in [1.82, 2.24) is 4.90 Å². The van der Waals surface area contributed by atoms with Gasteiger partial charge in [0.25, 0.3) is 11.1 Å². The Hall–Kier alpha value is -1.14. The summed E-state index contributed by atoms with van der Waals surface area (Å²) in [6, 6.07) is 10.0. The van der Waals surface area contributed by atoms with E-state index in [1.165, 1.54) is 17.0 Å². The van der Waals surface area contributed by atoms with Gasteiger partial charge in [-0.3, -0.25) is 14.5 Å². The summed E-state index contributed by atoms with van der Waals surface area (Å²) in [6.45, 7) is 2.71. The first-order valence-corrected chi connectivity index (χ1v) is 11.5. The van der Waals surface area contributed by atoms with Crippen molar-refractivity contribution in [2.45, 2.75) is 20.0 Å². The van der Waals surface area contributed by atoms with Crippen molar-refractivity contribution in [2.75, 3.05) is 6.54 Å². The van der Waals surface area contributed by atoms with Gasteiger partial charge in [0.2, 0.25) is 0 Å². The first-order chi connectivity index (χ1) is 13.4. The van der Waals surface area contributed by atoms with E-state index < -0.39 is 0 Å². The van der Waals surface area contributed by atoms with Gasteiger partial charge in [-0.25, -0.2) is 4.39 Å². The molecule has 2 aromatic carbocycles. The average Bonchev–Trinajstić information content (AvgIpc) is 2.90. The van der Waals surface area contributed by atoms with E-state index in [4.69, 9.17) is 4.74 Å². The molecule has 8 heteroatoms. The van der Waals surface area contributed by atoms with E-state index in [0.717, 1.165) is 42.2 Å². The number of hydrogen-bond donors (Lipinski definition) is 0. The van der Waals surface area contributed by atoms with Crippen molar-refractivity contribution in [1.29, 1.82) is 0 Å². The normalized spacial score (nSPS) is 15.6. The number of benzene rings is 2. The highest BCUT2D eigenvalue weighted by Gasteiger charge is 2.34. The second-order valence-corrected chi connectivity index (χ2v) is 9.38. The number of thioether (sulfide) groups is 1. The molecule has 1 heterocycles. The maximum atomic E-state index is 13.0. The number of halogens is 3. The van der Waals surface area contributed by atoms with Gasteiger partial charge in [0.15, 0.2) is 0 Å². The number of imide groups is 1. The van der Waals surface area contributed by atoms with Crippen molar-refractivity contribution in [3.63, 3.8) is 0 Å². The van der Waals surface area contributed by atoms with Crippen LogP contribution in [0.4, 0.5) is 9.18 Å². The number of carbonyl (C=O) groups excluding carboxylic acids is 2. The highest BCUT2D eigenvalue weighted by atomic mass is 127. The van der Waals surface area contributed by atoms with Crippen molar-refractivity contribution in [3.05, 3.63) is 65.4 Å². The number of amides is 2. The maximum Gasteiger partial charge on any atom is 0.293 e. The fourth-order valence-corrected chi connectivity index (χ4v) is 5.60. The Labute approximate surface area is 194 Å². The van der Waals surface area contributed by atoms with Crippen LogP contribution in [0.1, 0.15) is 24.5 Å². The summed E-state index contributed by atoms with van der Waals surface area (Å²) < 4.78 is 20.7. The number of nitrogens with zero attached hydrogens (tertiary/aromatic N) is 1. The van der Waals surface area contributed by atoms with Crippen LogP contribution in [-0.2, 0) is 11.4 Å². The van der Waals surface area contributed by atoms with E-state index >= 15 is 0 Å².